The molecule has 3 rings (SSSR count). The maximum absolute atomic E-state index is 13.0. The van der Waals surface area contributed by atoms with Gasteiger partial charge in [-0.25, -0.2) is 0 Å². The highest BCUT2D eigenvalue weighted by Gasteiger charge is 2.35. The Morgan fingerprint density at radius 1 is 1.11 bits per heavy atom. The summed E-state index contributed by atoms with van der Waals surface area (Å²) in [6.07, 6.45) is 8.59. The lowest BCUT2D eigenvalue weighted by Gasteiger charge is -2.35. The van der Waals surface area contributed by atoms with Crippen LogP contribution in [0.4, 0.5) is 0 Å². The van der Waals surface area contributed by atoms with Crippen molar-refractivity contribution < 1.29 is 19.1 Å². The monoisotopic (exact) mass is 480 g/mol. The van der Waals surface area contributed by atoms with Crippen molar-refractivity contribution in [1.29, 1.82) is 0 Å². The number of carbonyl (C=O) groups is 2. The highest BCUT2D eigenvalue weighted by Crippen LogP contribution is 2.32. The fraction of sp³-hybridized carbons (Fsp3) is 0.444. The quantitative estimate of drug-likeness (QED) is 0.315. The van der Waals surface area contributed by atoms with Gasteiger partial charge in [-0.1, -0.05) is 26.0 Å². The Morgan fingerprint density at radius 3 is 2.34 bits per heavy atom. The molecule has 1 saturated carbocycles. The molecule has 2 fully saturated rings. The summed E-state index contributed by atoms with van der Waals surface area (Å²) in [5, 5.41) is 0. The maximum atomic E-state index is 13.0. The van der Waals surface area contributed by atoms with Crippen molar-refractivity contribution in [1.82, 2.24) is 9.80 Å². The SMILES string of the molecule is C=C\C=C(/N=C(\C=C(/N)C(=O)N1CCN(C(=O)C2CC2)CC1)CCC)c1ccc(OC)c(OC)c1. The third kappa shape index (κ3) is 6.74. The summed E-state index contributed by atoms with van der Waals surface area (Å²) in [5.74, 6) is 1.40. The molecule has 2 aliphatic rings. The Balaban J connectivity index is 1.77. The molecule has 0 aromatic heterocycles. The standard InChI is InChI=1S/C27H36N4O4/c1-5-7-21(29-23(8-6-2)20-11-12-24(34-3)25(17-20)35-4)18-22(28)27(33)31-15-13-30(14-16-31)26(32)19-9-10-19/h6,8,11-12,17-19H,2,5,7,9-10,13-16,28H2,1,3-4H3/b22-18-,23-8-,29-21-. The molecule has 0 radical (unpaired) electrons. The fourth-order valence-corrected chi connectivity index (χ4v) is 4.02. The van der Waals surface area contributed by atoms with Crippen LogP contribution in [0.25, 0.3) is 5.70 Å². The Labute approximate surface area is 207 Å². The topological polar surface area (TPSA) is 97.5 Å². The summed E-state index contributed by atoms with van der Waals surface area (Å²) in [5.41, 5.74) is 8.58. The number of hydrogen-bond acceptors (Lipinski definition) is 6. The molecule has 1 heterocycles. The molecule has 0 atom stereocenters. The van der Waals surface area contributed by atoms with Crippen LogP contribution in [-0.2, 0) is 9.59 Å². The summed E-state index contributed by atoms with van der Waals surface area (Å²) in [6, 6.07) is 5.56. The number of carbonyl (C=O) groups excluding carboxylic acids is 2. The van der Waals surface area contributed by atoms with Gasteiger partial charge in [0.1, 0.15) is 0 Å². The molecular weight excluding hydrogens is 444 g/mol. The second kappa shape index (κ2) is 12.2. The number of allylic oxidation sites excluding steroid dienone is 3. The zero-order chi connectivity index (χ0) is 25.4. The summed E-state index contributed by atoms with van der Waals surface area (Å²) in [7, 11) is 3.17. The Kier molecular flexibility index (Phi) is 9.11. The van der Waals surface area contributed by atoms with Crippen LogP contribution in [0, 0.1) is 5.92 Å². The number of ether oxygens (including phenoxy) is 2. The molecule has 1 aromatic rings. The molecule has 188 valence electrons. The van der Waals surface area contributed by atoms with E-state index in [0.29, 0.717) is 55.5 Å². The lowest BCUT2D eigenvalue weighted by atomic mass is 10.1. The lowest BCUT2D eigenvalue weighted by Crippen LogP contribution is -2.51. The van der Waals surface area contributed by atoms with Gasteiger partial charge < -0.3 is 25.0 Å². The molecule has 8 nitrogen and oxygen atoms in total. The zero-order valence-corrected chi connectivity index (χ0v) is 21.0. The average Bonchev–Trinajstić information content (AvgIpc) is 3.73. The molecule has 1 aliphatic carbocycles. The maximum Gasteiger partial charge on any atom is 0.269 e. The number of nitrogens with zero attached hydrogens (tertiary/aromatic N) is 3. The van der Waals surface area contributed by atoms with Gasteiger partial charge >= 0.3 is 0 Å². The summed E-state index contributed by atoms with van der Waals surface area (Å²) >= 11 is 0. The van der Waals surface area contributed by atoms with Crippen LogP contribution in [0.3, 0.4) is 0 Å². The fourth-order valence-electron chi connectivity index (χ4n) is 4.02. The highest BCUT2D eigenvalue weighted by atomic mass is 16.5. The second-order valence-electron chi connectivity index (χ2n) is 8.70. The van der Waals surface area contributed by atoms with Gasteiger partial charge in [0.25, 0.3) is 5.91 Å². The lowest BCUT2D eigenvalue weighted by molar-refractivity contribution is -0.138. The van der Waals surface area contributed by atoms with E-state index in [1.165, 1.54) is 0 Å². The van der Waals surface area contributed by atoms with E-state index in [9.17, 15) is 9.59 Å². The average molecular weight is 481 g/mol. The Hall–Kier alpha value is -3.55. The van der Waals surface area contributed by atoms with Crippen molar-refractivity contribution in [3.63, 3.8) is 0 Å². The van der Waals surface area contributed by atoms with Gasteiger partial charge in [-0.05, 0) is 49.6 Å². The number of benzene rings is 1. The van der Waals surface area contributed by atoms with Gasteiger partial charge in [0.2, 0.25) is 5.91 Å². The molecule has 0 spiro atoms. The smallest absolute Gasteiger partial charge is 0.269 e. The number of aliphatic imine (C=N–C) groups is 1. The normalized spacial score (nSPS) is 17.3. The molecule has 35 heavy (non-hydrogen) atoms. The van der Waals surface area contributed by atoms with Crippen LogP contribution >= 0.6 is 0 Å². The van der Waals surface area contributed by atoms with E-state index < -0.39 is 0 Å². The van der Waals surface area contributed by atoms with Crippen LogP contribution in [0.5, 0.6) is 11.5 Å². The molecule has 0 unspecified atom stereocenters. The largest absolute Gasteiger partial charge is 0.493 e. The van der Waals surface area contributed by atoms with Crippen molar-refractivity contribution in [2.24, 2.45) is 16.6 Å². The predicted octanol–water partition coefficient (Wildman–Crippen LogP) is 3.40. The Morgan fingerprint density at radius 2 is 1.77 bits per heavy atom. The van der Waals surface area contributed by atoms with Crippen LogP contribution in [-0.4, -0.2) is 67.7 Å². The van der Waals surface area contributed by atoms with Gasteiger partial charge in [-0.3, -0.25) is 14.6 Å². The predicted molar refractivity (Wildman–Crippen MR) is 138 cm³/mol. The van der Waals surface area contributed by atoms with Crippen molar-refractivity contribution >= 4 is 23.2 Å². The number of piperazine rings is 1. The van der Waals surface area contributed by atoms with E-state index in [4.69, 9.17) is 20.2 Å². The van der Waals surface area contributed by atoms with Crippen LogP contribution in [0.15, 0.2) is 53.7 Å². The zero-order valence-electron chi connectivity index (χ0n) is 21.0. The third-order valence-electron chi connectivity index (χ3n) is 6.10. The third-order valence-corrected chi connectivity index (χ3v) is 6.10. The molecule has 0 bridgehead atoms. The van der Waals surface area contributed by atoms with Gasteiger partial charge in [-0.2, -0.15) is 0 Å². The highest BCUT2D eigenvalue weighted by molar-refractivity contribution is 6.05. The van der Waals surface area contributed by atoms with Crippen molar-refractivity contribution in [2.45, 2.75) is 32.6 Å². The van der Waals surface area contributed by atoms with Gasteiger partial charge in [0.15, 0.2) is 11.5 Å². The van der Waals surface area contributed by atoms with Crippen LogP contribution in [0.1, 0.15) is 38.2 Å². The van der Waals surface area contributed by atoms with Gasteiger partial charge in [0.05, 0.1) is 25.6 Å². The first-order chi connectivity index (χ1) is 16.9. The number of rotatable bonds is 10. The molecule has 1 saturated heterocycles. The minimum atomic E-state index is -0.229. The van der Waals surface area contributed by atoms with E-state index in [1.807, 2.05) is 30.0 Å². The van der Waals surface area contributed by atoms with Crippen molar-refractivity contribution in [3.05, 3.63) is 54.3 Å². The van der Waals surface area contributed by atoms with Gasteiger partial charge in [0, 0.05) is 43.4 Å². The molecule has 1 aromatic carbocycles. The van der Waals surface area contributed by atoms with E-state index in [0.717, 1.165) is 24.8 Å². The molecule has 2 N–H and O–H groups in total. The van der Waals surface area contributed by atoms with Gasteiger partial charge in [-0.15, -0.1) is 0 Å². The van der Waals surface area contributed by atoms with Crippen molar-refractivity contribution in [2.75, 3.05) is 40.4 Å². The van der Waals surface area contributed by atoms with E-state index in [1.54, 1.807) is 37.3 Å². The van der Waals surface area contributed by atoms with E-state index in [-0.39, 0.29) is 23.4 Å². The van der Waals surface area contributed by atoms with Crippen LogP contribution < -0.4 is 15.2 Å². The first-order valence-corrected chi connectivity index (χ1v) is 12.1. The number of amides is 2. The summed E-state index contributed by atoms with van der Waals surface area (Å²) in [6.45, 7) is 7.93. The molecule has 2 amide bonds. The first kappa shape index (κ1) is 26.1. The number of nitrogens with two attached hydrogens (primary N) is 1. The minimum Gasteiger partial charge on any atom is -0.493 e. The second-order valence-corrected chi connectivity index (χ2v) is 8.70. The van der Waals surface area contributed by atoms with Crippen molar-refractivity contribution in [3.8, 4) is 11.5 Å². The molecular formula is C27H36N4O4. The van der Waals surface area contributed by atoms with E-state index >= 15 is 0 Å². The van der Waals surface area contributed by atoms with Crippen LogP contribution in [0.2, 0.25) is 0 Å². The minimum absolute atomic E-state index is 0.143. The summed E-state index contributed by atoms with van der Waals surface area (Å²) in [4.78, 5) is 33.7. The summed E-state index contributed by atoms with van der Waals surface area (Å²) < 4.78 is 10.8. The van der Waals surface area contributed by atoms with E-state index in [2.05, 4.69) is 6.58 Å². The first-order valence-electron chi connectivity index (χ1n) is 12.1. The molecule has 1 aliphatic heterocycles. The number of hydrogen-bond donors (Lipinski definition) is 1. The molecule has 8 heteroatoms. The Bertz CT molecular complexity index is 1030. The number of methoxy groups -OCH3 is 2.